The zero-order valence-corrected chi connectivity index (χ0v) is 19.0. The van der Waals surface area contributed by atoms with Crippen molar-refractivity contribution >= 4 is 45.0 Å². The van der Waals surface area contributed by atoms with E-state index >= 15 is 0 Å². The van der Waals surface area contributed by atoms with E-state index in [0.29, 0.717) is 37.4 Å². The van der Waals surface area contributed by atoms with E-state index in [1.165, 1.54) is 0 Å². The van der Waals surface area contributed by atoms with Gasteiger partial charge in [0.25, 0.3) is 5.91 Å². The molecular formula is C20H19BrClF3N6O. The summed E-state index contributed by atoms with van der Waals surface area (Å²) >= 11 is 9.25. The third kappa shape index (κ3) is 5.32. The average molecular weight is 532 g/mol. The number of fused-ring (bicyclic) bond motifs is 1. The van der Waals surface area contributed by atoms with E-state index in [0.717, 1.165) is 29.0 Å². The molecule has 170 valence electrons. The molecule has 1 saturated carbocycles. The molecule has 12 heteroatoms. The fourth-order valence-corrected chi connectivity index (χ4v) is 4.22. The van der Waals surface area contributed by atoms with Gasteiger partial charge in [-0.05, 0) is 65.7 Å². The molecule has 0 aliphatic heterocycles. The summed E-state index contributed by atoms with van der Waals surface area (Å²) in [5.74, 6) is 0.278. The topological polar surface area (TPSA) is 84.2 Å². The number of anilines is 1. The van der Waals surface area contributed by atoms with Gasteiger partial charge in [-0.15, -0.1) is 5.10 Å². The number of pyridine rings is 2. The van der Waals surface area contributed by atoms with Crippen molar-refractivity contribution in [1.82, 2.24) is 24.9 Å². The molecule has 0 bridgehead atoms. The molecular weight excluding hydrogens is 513 g/mol. The molecule has 1 amide bonds. The van der Waals surface area contributed by atoms with E-state index in [1.54, 1.807) is 4.52 Å². The van der Waals surface area contributed by atoms with Crippen molar-refractivity contribution in [2.75, 3.05) is 11.9 Å². The Labute approximate surface area is 194 Å². The Balaban J connectivity index is 1.28. The Morgan fingerprint density at radius 1 is 1.25 bits per heavy atom. The molecule has 32 heavy (non-hydrogen) atoms. The summed E-state index contributed by atoms with van der Waals surface area (Å²) in [6, 6.07) is 4.37. The molecule has 1 aliphatic rings. The Kier molecular flexibility index (Phi) is 6.57. The summed E-state index contributed by atoms with van der Waals surface area (Å²) in [4.78, 5) is 20.4. The molecule has 0 atom stereocenters. The fourth-order valence-electron chi connectivity index (χ4n) is 3.70. The predicted octanol–water partition coefficient (Wildman–Crippen LogP) is 4.96. The van der Waals surface area contributed by atoms with Crippen LogP contribution >= 0.6 is 27.5 Å². The van der Waals surface area contributed by atoms with Crippen LogP contribution in [0.25, 0.3) is 5.65 Å². The number of rotatable bonds is 5. The Hall–Kier alpha value is -2.40. The van der Waals surface area contributed by atoms with Crippen LogP contribution in [0.3, 0.4) is 0 Å². The second kappa shape index (κ2) is 9.22. The zero-order valence-electron chi connectivity index (χ0n) is 16.7. The summed E-state index contributed by atoms with van der Waals surface area (Å²) < 4.78 is 41.3. The highest BCUT2D eigenvalue weighted by atomic mass is 79.9. The van der Waals surface area contributed by atoms with E-state index in [1.807, 2.05) is 18.3 Å². The summed E-state index contributed by atoms with van der Waals surface area (Å²) in [5.41, 5.74) is -0.533. The molecule has 1 fully saturated rings. The summed E-state index contributed by atoms with van der Waals surface area (Å²) in [6.07, 6.45) is 0.990. The first kappa shape index (κ1) is 22.8. The second-order valence-electron chi connectivity index (χ2n) is 7.72. The van der Waals surface area contributed by atoms with Gasteiger partial charge in [-0.1, -0.05) is 11.6 Å². The first-order valence-electron chi connectivity index (χ1n) is 9.98. The van der Waals surface area contributed by atoms with E-state index in [9.17, 15) is 18.0 Å². The number of carbonyl (C=O) groups is 1. The lowest BCUT2D eigenvalue weighted by atomic mass is 9.86. The van der Waals surface area contributed by atoms with Crippen LogP contribution in [0.2, 0.25) is 5.15 Å². The quantitative estimate of drug-likeness (QED) is 0.455. The number of aromatic nitrogens is 4. The van der Waals surface area contributed by atoms with Crippen molar-refractivity contribution in [1.29, 1.82) is 0 Å². The number of amides is 1. The van der Waals surface area contributed by atoms with Crippen molar-refractivity contribution < 1.29 is 18.0 Å². The van der Waals surface area contributed by atoms with Gasteiger partial charge in [-0.3, -0.25) is 4.79 Å². The smallest absolute Gasteiger partial charge is 0.353 e. The number of alkyl halides is 3. The highest BCUT2D eigenvalue weighted by molar-refractivity contribution is 9.10. The van der Waals surface area contributed by atoms with Gasteiger partial charge >= 0.3 is 6.18 Å². The van der Waals surface area contributed by atoms with Crippen LogP contribution in [0, 0.1) is 5.92 Å². The molecule has 3 aromatic rings. The second-order valence-corrected chi connectivity index (χ2v) is 8.99. The van der Waals surface area contributed by atoms with Gasteiger partial charge in [0.1, 0.15) is 5.15 Å². The number of nitrogens with one attached hydrogen (secondary N) is 2. The SMILES string of the molecule is O=C(N[C@H]1CC[C@H](CNc2nc3ccc(Br)cn3n2)CC1)c1cc(C(F)(F)F)cnc1Cl. The van der Waals surface area contributed by atoms with Crippen LogP contribution in [0.4, 0.5) is 19.1 Å². The Morgan fingerprint density at radius 3 is 2.72 bits per heavy atom. The van der Waals surface area contributed by atoms with Crippen LogP contribution in [0.5, 0.6) is 0 Å². The van der Waals surface area contributed by atoms with E-state index in [-0.39, 0.29) is 16.8 Å². The van der Waals surface area contributed by atoms with Crippen molar-refractivity contribution in [2.24, 2.45) is 5.92 Å². The fraction of sp³-hybridized carbons (Fsp3) is 0.400. The molecule has 2 N–H and O–H groups in total. The van der Waals surface area contributed by atoms with Crippen LogP contribution in [0.1, 0.15) is 41.6 Å². The molecule has 0 spiro atoms. The van der Waals surface area contributed by atoms with E-state index < -0.39 is 17.6 Å². The summed E-state index contributed by atoms with van der Waals surface area (Å²) in [5, 5.41) is 10.2. The average Bonchev–Trinajstić information content (AvgIpc) is 3.14. The first-order chi connectivity index (χ1) is 15.2. The Bertz CT molecular complexity index is 1130. The third-order valence-corrected chi connectivity index (χ3v) is 6.21. The minimum absolute atomic E-state index is 0.130. The normalized spacial score (nSPS) is 19.2. The third-order valence-electron chi connectivity index (χ3n) is 5.44. The molecule has 3 aromatic heterocycles. The highest BCUT2D eigenvalue weighted by Crippen LogP contribution is 2.31. The Morgan fingerprint density at radius 2 is 2.00 bits per heavy atom. The van der Waals surface area contributed by atoms with Crippen LogP contribution in [-0.2, 0) is 6.18 Å². The maximum atomic E-state index is 12.9. The molecule has 4 rings (SSSR count). The largest absolute Gasteiger partial charge is 0.417 e. The lowest BCUT2D eigenvalue weighted by Crippen LogP contribution is -2.38. The van der Waals surface area contributed by atoms with Crippen LogP contribution in [0.15, 0.2) is 35.1 Å². The van der Waals surface area contributed by atoms with Gasteiger partial charge in [0, 0.05) is 29.5 Å². The maximum absolute atomic E-state index is 12.9. The van der Waals surface area contributed by atoms with Gasteiger partial charge < -0.3 is 10.6 Å². The summed E-state index contributed by atoms with van der Waals surface area (Å²) in [6.45, 7) is 0.697. The molecule has 3 heterocycles. The van der Waals surface area contributed by atoms with E-state index in [4.69, 9.17) is 11.6 Å². The summed E-state index contributed by atoms with van der Waals surface area (Å²) in [7, 11) is 0. The molecule has 7 nitrogen and oxygen atoms in total. The minimum atomic E-state index is -4.59. The van der Waals surface area contributed by atoms with Gasteiger partial charge in [-0.25, -0.2) is 9.50 Å². The highest BCUT2D eigenvalue weighted by Gasteiger charge is 2.33. The van der Waals surface area contributed by atoms with Crippen molar-refractivity contribution in [3.05, 3.63) is 51.3 Å². The van der Waals surface area contributed by atoms with Crippen LogP contribution in [-0.4, -0.2) is 38.1 Å². The minimum Gasteiger partial charge on any atom is -0.353 e. The van der Waals surface area contributed by atoms with Crippen LogP contribution < -0.4 is 10.6 Å². The number of carbonyl (C=O) groups excluding carboxylic acids is 1. The van der Waals surface area contributed by atoms with Crippen molar-refractivity contribution in [3.63, 3.8) is 0 Å². The molecule has 0 aromatic carbocycles. The maximum Gasteiger partial charge on any atom is 0.417 e. The first-order valence-corrected chi connectivity index (χ1v) is 11.2. The van der Waals surface area contributed by atoms with Gasteiger partial charge in [0.15, 0.2) is 5.65 Å². The van der Waals surface area contributed by atoms with Gasteiger partial charge in [-0.2, -0.15) is 18.2 Å². The van der Waals surface area contributed by atoms with Gasteiger partial charge in [0.05, 0.1) is 11.1 Å². The number of halogens is 5. The van der Waals surface area contributed by atoms with Gasteiger partial charge in [0.2, 0.25) is 5.95 Å². The lowest BCUT2D eigenvalue weighted by Gasteiger charge is -2.29. The standard InChI is InChI=1S/C20H19BrClF3N6O/c21-13-3-6-16-29-19(30-31(16)10-13)27-8-11-1-4-14(5-2-11)28-18(32)15-7-12(20(23,24)25)9-26-17(15)22/h3,6-7,9-11,14H,1-2,4-5,8H2,(H,27,30)(H,28,32)/t11-,14-. The molecule has 0 saturated heterocycles. The predicted molar refractivity (Wildman–Crippen MR) is 117 cm³/mol. The van der Waals surface area contributed by atoms with Crippen molar-refractivity contribution in [3.8, 4) is 0 Å². The van der Waals surface area contributed by atoms with E-state index in [2.05, 4.69) is 41.6 Å². The number of nitrogens with zero attached hydrogens (tertiary/aromatic N) is 4. The molecule has 0 unspecified atom stereocenters. The molecule has 1 aliphatic carbocycles. The monoisotopic (exact) mass is 530 g/mol. The number of hydrogen-bond acceptors (Lipinski definition) is 5. The number of hydrogen-bond donors (Lipinski definition) is 2. The molecule has 0 radical (unpaired) electrons. The lowest BCUT2D eigenvalue weighted by molar-refractivity contribution is -0.137. The van der Waals surface area contributed by atoms with Crippen molar-refractivity contribution in [2.45, 2.75) is 37.9 Å². The zero-order chi connectivity index (χ0) is 22.9.